The lowest BCUT2D eigenvalue weighted by atomic mass is 10.0. The van der Waals surface area contributed by atoms with Gasteiger partial charge in [-0.3, -0.25) is 0 Å². The Kier molecular flexibility index (Phi) is 3.51. The molecule has 1 N–H and O–H groups in total. The van der Waals surface area contributed by atoms with Gasteiger partial charge in [0.15, 0.2) is 11.6 Å². The Hall–Kier alpha value is -1.78. The molecule has 1 atom stereocenters. The lowest BCUT2D eigenvalue weighted by Gasteiger charge is -2.15. The van der Waals surface area contributed by atoms with Gasteiger partial charge < -0.3 is 5.32 Å². The van der Waals surface area contributed by atoms with Crippen molar-refractivity contribution >= 4 is 21.4 Å². The Morgan fingerprint density at radius 2 is 1.85 bits per heavy atom. The summed E-state index contributed by atoms with van der Waals surface area (Å²) in [4.78, 5) is 0.971. The van der Waals surface area contributed by atoms with E-state index in [-0.39, 0.29) is 6.04 Å². The Bertz CT molecular complexity index is 718. The highest BCUT2D eigenvalue weighted by Gasteiger charge is 2.20. The van der Waals surface area contributed by atoms with Crippen molar-refractivity contribution < 1.29 is 8.78 Å². The third-order valence-corrected chi connectivity index (χ3v) is 4.49. The van der Waals surface area contributed by atoms with Gasteiger partial charge in [-0.25, -0.2) is 8.78 Å². The summed E-state index contributed by atoms with van der Waals surface area (Å²) in [6, 6.07) is 13.9. The molecule has 0 radical (unpaired) electrons. The number of halogens is 2. The monoisotopic (exact) mass is 289 g/mol. The first-order chi connectivity index (χ1) is 9.70. The molecule has 1 nitrogen and oxygen atoms in total. The fourth-order valence-corrected chi connectivity index (χ4v) is 3.53. The molecular weight excluding hydrogens is 276 g/mol. The molecule has 3 aromatic rings. The summed E-state index contributed by atoms with van der Waals surface area (Å²) in [7, 11) is 1.75. The number of rotatable bonds is 3. The molecule has 1 unspecified atom stereocenters. The van der Waals surface area contributed by atoms with Crippen LogP contribution in [-0.2, 0) is 0 Å². The molecule has 0 aliphatic carbocycles. The van der Waals surface area contributed by atoms with Crippen molar-refractivity contribution in [2.24, 2.45) is 0 Å². The van der Waals surface area contributed by atoms with Gasteiger partial charge in [-0.05, 0) is 30.6 Å². The van der Waals surface area contributed by atoms with E-state index in [0.717, 1.165) is 21.0 Å². The van der Waals surface area contributed by atoms with Gasteiger partial charge in [0.1, 0.15) is 0 Å². The molecule has 0 spiro atoms. The molecule has 0 bridgehead atoms. The molecule has 1 heterocycles. The Labute approximate surface area is 119 Å². The van der Waals surface area contributed by atoms with Gasteiger partial charge in [0.05, 0.1) is 6.04 Å². The van der Waals surface area contributed by atoms with Crippen molar-refractivity contribution in [2.45, 2.75) is 6.04 Å². The molecule has 0 amide bonds. The normalized spacial score (nSPS) is 12.8. The first-order valence-electron chi connectivity index (χ1n) is 6.30. The van der Waals surface area contributed by atoms with E-state index in [9.17, 15) is 8.78 Å². The fraction of sp³-hybridized carbons (Fsp3) is 0.125. The second kappa shape index (κ2) is 5.31. The van der Waals surface area contributed by atoms with Crippen LogP contribution in [0, 0.1) is 11.6 Å². The zero-order valence-electron chi connectivity index (χ0n) is 10.9. The number of benzene rings is 2. The molecule has 0 fully saturated rings. The van der Waals surface area contributed by atoms with Crippen LogP contribution in [-0.4, -0.2) is 7.05 Å². The third-order valence-electron chi connectivity index (χ3n) is 3.31. The number of hydrogen-bond acceptors (Lipinski definition) is 2. The number of fused-ring (bicyclic) bond motifs is 1. The van der Waals surface area contributed by atoms with Crippen LogP contribution in [0.25, 0.3) is 10.1 Å². The second-order valence-corrected chi connectivity index (χ2v) is 5.67. The van der Waals surface area contributed by atoms with E-state index in [0.29, 0.717) is 5.56 Å². The summed E-state index contributed by atoms with van der Waals surface area (Å²) in [6.07, 6.45) is 0. The molecular formula is C16H13F2NS. The van der Waals surface area contributed by atoms with E-state index in [2.05, 4.69) is 5.32 Å². The number of hydrogen-bond donors (Lipinski definition) is 1. The van der Waals surface area contributed by atoms with Gasteiger partial charge in [-0.15, -0.1) is 11.3 Å². The van der Waals surface area contributed by atoms with E-state index < -0.39 is 11.6 Å². The standard InChI is InChI=1S/C16H13F2NS/c1-19-16(11-6-4-7-12(17)15(11)18)14-9-10-5-2-3-8-13(10)20-14/h2-9,16,19H,1H3. The lowest BCUT2D eigenvalue weighted by Crippen LogP contribution is -2.18. The van der Waals surface area contributed by atoms with Crippen LogP contribution in [0.4, 0.5) is 8.78 Å². The average Bonchev–Trinajstić information content (AvgIpc) is 2.87. The van der Waals surface area contributed by atoms with Gasteiger partial charge in [0, 0.05) is 15.1 Å². The smallest absolute Gasteiger partial charge is 0.163 e. The summed E-state index contributed by atoms with van der Waals surface area (Å²) in [5, 5.41) is 4.18. The molecule has 3 rings (SSSR count). The zero-order valence-corrected chi connectivity index (χ0v) is 11.7. The highest BCUT2D eigenvalue weighted by molar-refractivity contribution is 7.19. The maximum absolute atomic E-state index is 14.0. The topological polar surface area (TPSA) is 12.0 Å². The highest BCUT2D eigenvalue weighted by Crippen LogP contribution is 2.34. The second-order valence-electron chi connectivity index (χ2n) is 4.55. The van der Waals surface area contributed by atoms with E-state index in [1.165, 1.54) is 6.07 Å². The minimum Gasteiger partial charge on any atom is -0.309 e. The minimum absolute atomic E-state index is 0.332. The van der Waals surface area contributed by atoms with Crippen LogP contribution in [0.1, 0.15) is 16.5 Å². The van der Waals surface area contributed by atoms with Crippen LogP contribution in [0.5, 0.6) is 0 Å². The SMILES string of the molecule is CNC(c1cc2ccccc2s1)c1cccc(F)c1F. The molecule has 1 aromatic heterocycles. The molecule has 2 aromatic carbocycles. The summed E-state index contributed by atoms with van der Waals surface area (Å²) in [5.41, 5.74) is 0.332. The summed E-state index contributed by atoms with van der Waals surface area (Å²) in [6.45, 7) is 0. The number of thiophene rings is 1. The quantitative estimate of drug-likeness (QED) is 0.749. The van der Waals surface area contributed by atoms with E-state index in [1.807, 2.05) is 30.3 Å². The minimum atomic E-state index is -0.816. The Balaban J connectivity index is 2.11. The van der Waals surface area contributed by atoms with Crippen molar-refractivity contribution in [1.29, 1.82) is 0 Å². The number of nitrogens with one attached hydrogen (secondary N) is 1. The van der Waals surface area contributed by atoms with Crippen molar-refractivity contribution in [3.05, 3.63) is 70.6 Å². The molecule has 0 saturated carbocycles. The van der Waals surface area contributed by atoms with Crippen molar-refractivity contribution in [2.75, 3.05) is 7.05 Å². The first kappa shape index (κ1) is 13.2. The van der Waals surface area contributed by atoms with E-state index in [1.54, 1.807) is 24.5 Å². The van der Waals surface area contributed by atoms with Crippen LogP contribution < -0.4 is 5.32 Å². The van der Waals surface area contributed by atoms with Crippen LogP contribution in [0.2, 0.25) is 0 Å². The molecule has 0 aliphatic heterocycles. The predicted octanol–water partition coefficient (Wildman–Crippen LogP) is 4.49. The summed E-state index contributed by atoms with van der Waals surface area (Å²) >= 11 is 1.59. The van der Waals surface area contributed by atoms with E-state index >= 15 is 0 Å². The van der Waals surface area contributed by atoms with Gasteiger partial charge in [-0.2, -0.15) is 0 Å². The van der Waals surface area contributed by atoms with E-state index in [4.69, 9.17) is 0 Å². The zero-order chi connectivity index (χ0) is 14.1. The molecule has 102 valence electrons. The van der Waals surface area contributed by atoms with Crippen molar-refractivity contribution in [3.63, 3.8) is 0 Å². The van der Waals surface area contributed by atoms with Crippen molar-refractivity contribution in [3.8, 4) is 0 Å². The van der Waals surface area contributed by atoms with Crippen LogP contribution in [0.15, 0.2) is 48.5 Å². The third kappa shape index (κ3) is 2.21. The fourth-order valence-electron chi connectivity index (χ4n) is 2.34. The van der Waals surface area contributed by atoms with Gasteiger partial charge in [-0.1, -0.05) is 30.3 Å². The maximum Gasteiger partial charge on any atom is 0.163 e. The summed E-state index contributed by atoms with van der Waals surface area (Å²) in [5.74, 6) is -1.60. The Morgan fingerprint density at radius 1 is 1.05 bits per heavy atom. The molecule has 4 heteroatoms. The summed E-state index contributed by atoms with van der Waals surface area (Å²) < 4.78 is 28.5. The molecule has 0 saturated heterocycles. The van der Waals surface area contributed by atoms with Gasteiger partial charge >= 0.3 is 0 Å². The average molecular weight is 289 g/mol. The first-order valence-corrected chi connectivity index (χ1v) is 7.12. The van der Waals surface area contributed by atoms with Crippen molar-refractivity contribution in [1.82, 2.24) is 5.32 Å². The molecule has 0 aliphatic rings. The maximum atomic E-state index is 14.0. The Morgan fingerprint density at radius 3 is 2.60 bits per heavy atom. The van der Waals surface area contributed by atoms with Gasteiger partial charge in [0.2, 0.25) is 0 Å². The predicted molar refractivity (Wildman–Crippen MR) is 79.1 cm³/mol. The van der Waals surface area contributed by atoms with Crippen LogP contribution >= 0.6 is 11.3 Å². The largest absolute Gasteiger partial charge is 0.309 e. The molecule has 20 heavy (non-hydrogen) atoms. The highest BCUT2D eigenvalue weighted by atomic mass is 32.1. The van der Waals surface area contributed by atoms with Crippen LogP contribution in [0.3, 0.4) is 0 Å². The lowest BCUT2D eigenvalue weighted by molar-refractivity contribution is 0.488. The van der Waals surface area contributed by atoms with Gasteiger partial charge in [0.25, 0.3) is 0 Å².